The Morgan fingerprint density at radius 1 is 1.00 bits per heavy atom. The average molecular weight is 288 g/mol. The van der Waals surface area contributed by atoms with Crippen molar-refractivity contribution in [3.8, 4) is 11.3 Å². The molecule has 3 nitrogen and oxygen atoms in total. The standard InChI is InChI=1S/C19H16N2O/c22-19-13-6-2-1-5-12(13)9-16(19)18-15-8-4-3-7-14(15)17-10-20-11-21(17)18/h1-8,10-11,16,18-19,22H,9H2/t16-,18?,19-/m0/s1. The van der Waals surface area contributed by atoms with Gasteiger partial charge in [-0.1, -0.05) is 48.5 Å². The summed E-state index contributed by atoms with van der Waals surface area (Å²) in [4.78, 5) is 4.32. The van der Waals surface area contributed by atoms with Crippen LogP contribution in [0.25, 0.3) is 11.3 Å². The Morgan fingerprint density at radius 2 is 1.77 bits per heavy atom. The van der Waals surface area contributed by atoms with E-state index in [0.717, 1.165) is 17.7 Å². The summed E-state index contributed by atoms with van der Waals surface area (Å²) in [5, 5.41) is 10.9. The third-order valence-electron chi connectivity index (χ3n) is 5.16. The van der Waals surface area contributed by atoms with Crippen molar-refractivity contribution in [2.45, 2.75) is 18.6 Å². The predicted octanol–water partition coefficient (Wildman–Crippen LogP) is 3.36. The molecule has 5 rings (SSSR count). The molecule has 1 aliphatic carbocycles. The molecule has 0 radical (unpaired) electrons. The van der Waals surface area contributed by atoms with Crippen molar-refractivity contribution in [3.05, 3.63) is 77.7 Å². The Morgan fingerprint density at radius 3 is 2.64 bits per heavy atom. The van der Waals surface area contributed by atoms with Gasteiger partial charge in [-0.2, -0.15) is 0 Å². The lowest BCUT2D eigenvalue weighted by Crippen LogP contribution is -2.21. The van der Waals surface area contributed by atoms with Crippen molar-refractivity contribution < 1.29 is 5.11 Å². The molecule has 22 heavy (non-hydrogen) atoms. The summed E-state index contributed by atoms with van der Waals surface area (Å²) in [6.45, 7) is 0. The molecule has 0 bridgehead atoms. The normalized spacial score (nSPS) is 24.9. The zero-order valence-corrected chi connectivity index (χ0v) is 12.1. The van der Waals surface area contributed by atoms with E-state index < -0.39 is 6.10 Å². The Labute approximate surface area is 128 Å². The van der Waals surface area contributed by atoms with Crippen LogP contribution in [0, 0.1) is 5.92 Å². The van der Waals surface area contributed by atoms with Crippen LogP contribution in [0.15, 0.2) is 61.1 Å². The van der Waals surface area contributed by atoms with Crippen molar-refractivity contribution in [1.29, 1.82) is 0 Å². The number of hydrogen-bond acceptors (Lipinski definition) is 2. The number of aliphatic hydroxyl groups is 1. The second kappa shape index (κ2) is 4.31. The Balaban J connectivity index is 1.66. The first-order chi connectivity index (χ1) is 10.8. The van der Waals surface area contributed by atoms with E-state index in [9.17, 15) is 5.11 Å². The van der Waals surface area contributed by atoms with Gasteiger partial charge in [0.1, 0.15) is 0 Å². The molecule has 3 atom stereocenters. The molecule has 3 heteroatoms. The van der Waals surface area contributed by atoms with E-state index in [-0.39, 0.29) is 12.0 Å². The molecule has 1 N–H and O–H groups in total. The van der Waals surface area contributed by atoms with Crippen LogP contribution in [0.3, 0.4) is 0 Å². The van der Waals surface area contributed by atoms with Crippen LogP contribution in [-0.4, -0.2) is 14.7 Å². The molecule has 1 aliphatic heterocycles. The Bertz CT molecular complexity index is 867. The maximum atomic E-state index is 10.9. The SMILES string of the molecule is O[C@H]1c2ccccc2C[C@H]1C1c2ccccc2-c2cncn21. The molecule has 1 aromatic heterocycles. The van der Waals surface area contributed by atoms with Gasteiger partial charge in [-0.15, -0.1) is 0 Å². The maximum absolute atomic E-state index is 10.9. The van der Waals surface area contributed by atoms with Crippen LogP contribution in [-0.2, 0) is 6.42 Å². The molecule has 3 aromatic rings. The van der Waals surface area contributed by atoms with Crippen molar-refractivity contribution in [1.82, 2.24) is 9.55 Å². The highest BCUT2D eigenvalue weighted by atomic mass is 16.3. The largest absolute Gasteiger partial charge is 0.388 e. The van der Waals surface area contributed by atoms with Crippen LogP contribution in [0.1, 0.15) is 28.8 Å². The lowest BCUT2D eigenvalue weighted by molar-refractivity contribution is 0.102. The van der Waals surface area contributed by atoms with Crippen LogP contribution >= 0.6 is 0 Å². The van der Waals surface area contributed by atoms with Gasteiger partial charge in [0, 0.05) is 11.5 Å². The van der Waals surface area contributed by atoms with E-state index in [0.29, 0.717) is 0 Å². The van der Waals surface area contributed by atoms with Crippen LogP contribution in [0.4, 0.5) is 0 Å². The third kappa shape index (κ3) is 1.46. The van der Waals surface area contributed by atoms with Crippen LogP contribution in [0.5, 0.6) is 0 Å². The van der Waals surface area contributed by atoms with Crippen molar-refractivity contribution in [2.75, 3.05) is 0 Å². The second-order valence-corrected chi connectivity index (χ2v) is 6.23. The minimum Gasteiger partial charge on any atom is -0.388 e. The zero-order valence-electron chi connectivity index (χ0n) is 12.1. The molecule has 0 spiro atoms. The molecule has 0 fully saturated rings. The molecule has 0 amide bonds. The number of fused-ring (bicyclic) bond motifs is 4. The minimum absolute atomic E-state index is 0.161. The predicted molar refractivity (Wildman–Crippen MR) is 84.4 cm³/mol. The van der Waals surface area contributed by atoms with E-state index in [4.69, 9.17) is 0 Å². The van der Waals surface area contributed by atoms with Gasteiger partial charge < -0.3 is 9.67 Å². The summed E-state index contributed by atoms with van der Waals surface area (Å²) in [6.07, 6.45) is 4.32. The van der Waals surface area contributed by atoms with Crippen molar-refractivity contribution >= 4 is 0 Å². The number of imidazole rings is 1. The molecule has 2 heterocycles. The number of benzene rings is 2. The number of rotatable bonds is 1. The molecule has 0 saturated heterocycles. The van der Waals surface area contributed by atoms with E-state index in [1.54, 1.807) is 0 Å². The molecule has 2 aliphatic rings. The number of aliphatic hydroxyl groups excluding tert-OH is 1. The summed E-state index contributed by atoms with van der Waals surface area (Å²) >= 11 is 0. The smallest absolute Gasteiger partial charge is 0.0956 e. The maximum Gasteiger partial charge on any atom is 0.0956 e. The summed E-state index contributed by atoms with van der Waals surface area (Å²) in [7, 11) is 0. The van der Waals surface area contributed by atoms with Crippen LogP contribution in [0.2, 0.25) is 0 Å². The van der Waals surface area contributed by atoms with Crippen molar-refractivity contribution in [3.63, 3.8) is 0 Å². The fourth-order valence-electron chi connectivity index (χ4n) is 4.20. The fourth-order valence-corrected chi connectivity index (χ4v) is 4.20. The summed E-state index contributed by atoms with van der Waals surface area (Å²) in [5.74, 6) is 0.161. The third-order valence-corrected chi connectivity index (χ3v) is 5.16. The van der Waals surface area contributed by atoms with Gasteiger partial charge in [-0.05, 0) is 23.1 Å². The van der Waals surface area contributed by atoms with Gasteiger partial charge in [0.2, 0.25) is 0 Å². The fraction of sp³-hybridized carbons (Fsp3) is 0.211. The number of nitrogens with zero attached hydrogens (tertiary/aromatic N) is 2. The highest BCUT2D eigenvalue weighted by Gasteiger charge is 2.41. The minimum atomic E-state index is -0.414. The highest BCUT2D eigenvalue weighted by Crippen LogP contribution is 2.50. The summed E-state index contributed by atoms with van der Waals surface area (Å²) < 4.78 is 2.23. The summed E-state index contributed by atoms with van der Waals surface area (Å²) in [6, 6.07) is 16.9. The molecule has 0 saturated carbocycles. The van der Waals surface area contributed by atoms with Gasteiger partial charge in [-0.25, -0.2) is 4.98 Å². The van der Waals surface area contributed by atoms with Gasteiger partial charge in [0.25, 0.3) is 0 Å². The van der Waals surface area contributed by atoms with E-state index in [1.165, 1.54) is 16.7 Å². The number of hydrogen-bond donors (Lipinski definition) is 1. The first-order valence-corrected chi connectivity index (χ1v) is 7.71. The van der Waals surface area contributed by atoms with E-state index in [1.807, 2.05) is 18.6 Å². The monoisotopic (exact) mass is 288 g/mol. The van der Waals surface area contributed by atoms with Gasteiger partial charge in [0.05, 0.1) is 30.4 Å². The second-order valence-electron chi connectivity index (χ2n) is 6.23. The Hall–Kier alpha value is -2.39. The molecule has 1 unspecified atom stereocenters. The first-order valence-electron chi connectivity index (χ1n) is 7.71. The molecular formula is C19H16N2O. The topological polar surface area (TPSA) is 38.1 Å². The van der Waals surface area contributed by atoms with Crippen LogP contribution < -0.4 is 0 Å². The highest BCUT2D eigenvalue weighted by molar-refractivity contribution is 5.69. The first kappa shape index (κ1) is 12.2. The van der Waals surface area contributed by atoms with Crippen molar-refractivity contribution in [2.24, 2.45) is 5.92 Å². The lowest BCUT2D eigenvalue weighted by atomic mass is 9.88. The number of aromatic nitrogens is 2. The van der Waals surface area contributed by atoms with Gasteiger partial charge in [-0.3, -0.25) is 0 Å². The Kier molecular flexibility index (Phi) is 2.38. The van der Waals surface area contributed by atoms with E-state index >= 15 is 0 Å². The zero-order chi connectivity index (χ0) is 14.7. The van der Waals surface area contributed by atoms with Gasteiger partial charge >= 0.3 is 0 Å². The lowest BCUT2D eigenvalue weighted by Gasteiger charge is -2.25. The quantitative estimate of drug-likeness (QED) is 0.745. The molecule has 108 valence electrons. The van der Waals surface area contributed by atoms with Gasteiger partial charge in [0.15, 0.2) is 0 Å². The summed E-state index contributed by atoms with van der Waals surface area (Å²) in [5.41, 5.74) is 6.05. The van der Waals surface area contributed by atoms with E-state index in [2.05, 4.69) is 52.0 Å². The molecule has 2 aromatic carbocycles. The molecular weight excluding hydrogens is 272 g/mol. The average Bonchev–Trinajstić information content (AvgIpc) is 3.21.